The van der Waals surface area contributed by atoms with Crippen LogP contribution < -0.4 is 5.73 Å². The molecule has 1 aromatic heterocycles. The lowest BCUT2D eigenvalue weighted by atomic mass is 9.95. The molecule has 0 aliphatic carbocycles. The maximum atomic E-state index is 13.3. The minimum Gasteiger partial charge on any atom is -0.383 e. The van der Waals surface area contributed by atoms with Crippen molar-refractivity contribution in [1.82, 2.24) is 9.55 Å². The van der Waals surface area contributed by atoms with Gasteiger partial charge in [-0.25, -0.2) is 9.37 Å². The number of imidazole rings is 1. The van der Waals surface area contributed by atoms with Crippen LogP contribution in [0.2, 0.25) is 5.02 Å². The van der Waals surface area contributed by atoms with Crippen molar-refractivity contribution in [3.8, 4) is 11.3 Å². The first-order valence-corrected chi connectivity index (χ1v) is 7.45. The van der Waals surface area contributed by atoms with Crippen molar-refractivity contribution in [2.75, 3.05) is 5.73 Å². The van der Waals surface area contributed by atoms with E-state index in [9.17, 15) is 4.39 Å². The van der Waals surface area contributed by atoms with Gasteiger partial charge in [0.2, 0.25) is 0 Å². The number of nitrogen functional groups attached to an aromatic ring is 1. The molecule has 0 spiro atoms. The third kappa shape index (κ3) is 3.05. The predicted octanol–water partition coefficient (Wildman–Crippen LogP) is 4.63. The Morgan fingerprint density at radius 2 is 2.00 bits per heavy atom. The highest BCUT2D eigenvalue weighted by Crippen LogP contribution is 2.33. The zero-order chi connectivity index (χ0) is 15.8. The largest absolute Gasteiger partial charge is 0.383 e. The molecule has 1 heterocycles. The fraction of sp³-hybridized carbons (Fsp3) is 0.438. The number of hydrogen-bond donors (Lipinski definition) is 1. The fourth-order valence-corrected chi connectivity index (χ4v) is 2.52. The molecule has 0 unspecified atom stereocenters. The Morgan fingerprint density at radius 1 is 1.33 bits per heavy atom. The van der Waals surface area contributed by atoms with Gasteiger partial charge in [-0.15, -0.1) is 0 Å². The average molecular weight is 310 g/mol. The second-order valence-electron chi connectivity index (χ2n) is 6.20. The van der Waals surface area contributed by atoms with Crippen molar-refractivity contribution in [1.29, 1.82) is 0 Å². The molecule has 0 aliphatic rings. The molecule has 21 heavy (non-hydrogen) atoms. The third-order valence-corrected chi connectivity index (χ3v) is 3.61. The lowest BCUT2D eigenvalue weighted by molar-refractivity contribution is 0.498. The predicted molar refractivity (Wildman–Crippen MR) is 86.0 cm³/mol. The second-order valence-corrected chi connectivity index (χ2v) is 6.61. The lowest BCUT2D eigenvalue weighted by Crippen LogP contribution is -2.19. The van der Waals surface area contributed by atoms with Crippen LogP contribution in [-0.4, -0.2) is 9.55 Å². The van der Waals surface area contributed by atoms with E-state index in [2.05, 4.69) is 27.7 Å². The Morgan fingerprint density at radius 3 is 2.52 bits per heavy atom. The number of aromatic nitrogens is 2. The lowest BCUT2D eigenvalue weighted by Gasteiger charge is -2.19. The summed E-state index contributed by atoms with van der Waals surface area (Å²) in [5.74, 6) is 1.09. The first-order valence-electron chi connectivity index (χ1n) is 7.07. The summed E-state index contributed by atoms with van der Waals surface area (Å²) in [6.07, 6.45) is 0.966. The van der Waals surface area contributed by atoms with E-state index in [-0.39, 0.29) is 10.4 Å². The first kappa shape index (κ1) is 15.8. The fourth-order valence-electron chi connectivity index (χ4n) is 2.34. The molecule has 0 atom stereocenters. The van der Waals surface area contributed by atoms with Crippen LogP contribution in [0.5, 0.6) is 0 Å². The van der Waals surface area contributed by atoms with Gasteiger partial charge in [0.1, 0.15) is 23.2 Å². The van der Waals surface area contributed by atoms with Gasteiger partial charge >= 0.3 is 0 Å². The molecule has 0 fully saturated rings. The third-order valence-electron chi connectivity index (χ3n) is 3.32. The molecule has 2 aromatic rings. The standard InChI is InChI=1S/C16H21ClFN3/c1-5-8-21-14(19)13(20-15(21)16(2,3)4)10-6-7-12(18)11(17)9-10/h6-7,9H,5,8,19H2,1-4H3. The zero-order valence-electron chi connectivity index (χ0n) is 12.9. The van der Waals surface area contributed by atoms with Gasteiger partial charge < -0.3 is 10.3 Å². The molecule has 2 N–H and O–H groups in total. The number of nitrogens with zero attached hydrogens (tertiary/aromatic N) is 2. The minimum absolute atomic E-state index is 0.0780. The van der Waals surface area contributed by atoms with Crippen molar-refractivity contribution in [2.45, 2.75) is 46.1 Å². The first-order chi connectivity index (χ1) is 9.75. The number of rotatable bonds is 3. The van der Waals surface area contributed by atoms with Gasteiger partial charge in [-0.1, -0.05) is 39.3 Å². The Hall–Kier alpha value is -1.55. The summed E-state index contributed by atoms with van der Waals surface area (Å²) in [6.45, 7) is 9.20. The van der Waals surface area contributed by atoms with Crippen molar-refractivity contribution in [3.05, 3.63) is 34.9 Å². The number of hydrogen-bond acceptors (Lipinski definition) is 2. The van der Waals surface area contributed by atoms with Gasteiger partial charge in [-0.05, 0) is 24.6 Å². The second kappa shape index (κ2) is 5.68. The summed E-state index contributed by atoms with van der Waals surface area (Å²) in [5.41, 5.74) is 7.55. The van der Waals surface area contributed by atoms with Crippen molar-refractivity contribution >= 4 is 17.4 Å². The molecule has 0 aliphatic heterocycles. The average Bonchev–Trinajstić information content (AvgIpc) is 2.71. The SMILES string of the molecule is CCCn1c(C(C)(C)C)nc(-c2ccc(F)c(Cl)c2)c1N. The number of benzene rings is 1. The summed E-state index contributed by atoms with van der Waals surface area (Å²) < 4.78 is 15.4. The minimum atomic E-state index is -0.442. The Bertz CT molecular complexity index is 656. The summed E-state index contributed by atoms with van der Waals surface area (Å²) in [5, 5.41) is 0.0780. The molecule has 0 saturated heterocycles. The van der Waals surface area contributed by atoms with Gasteiger partial charge in [0.25, 0.3) is 0 Å². The van der Waals surface area contributed by atoms with Crippen LogP contribution in [0.1, 0.15) is 39.9 Å². The molecule has 0 radical (unpaired) electrons. The summed E-state index contributed by atoms with van der Waals surface area (Å²) in [6, 6.07) is 4.56. The van der Waals surface area contributed by atoms with Crippen LogP contribution in [0.15, 0.2) is 18.2 Å². The van der Waals surface area contributed by atoms with Crippen molar-refractivity contribution in [3.63, 3.8) is 0 Å². The normalized spacial score (nSPS) is 11.9. The summed E-state index contributed by atoms with van der Waals surface area (Å²) >= 11 is 5.86. The molecular weight excluding hydrogens is 289 g/mol. The Balaban J connectivity index is 2.61. The summed E-state index contributed by atoms with van der Waals surface area (Å²) in [7, 11) is 0. The van der Waals surface area contributed by atoms with Gasteiger partial charge in [0, 0.05) is 17.5 Å². The molecule has 0 bridgehead atoms. The van der Waals surface area contributed by atoms with Crippen LogP contribution in [0, 0.1) is 5.82 Å². The maximum Gasteiger partial charge on any atom is 0.141 e. The van der Waals surface area contributed by atoms with E-state index < -0.39 is 5.82 Å². The highest BCUT2D eigenvalue weighted by Gasteiger charge is 2.25. The Kier molecular flexibility index (Phi) is 4.28. The van der Waals surface area contributed by atoms with Crippen LogP contribution in [0.25, 0.3) is 11.3 Å². The van der Waals surface area contributed by atoms with E-state index in [4.69, 9.17) is 22.3 Å². The van der Waals surface area contributed by atoms with Gasteiger partial charge in [-0.2, -0.15) is 0 Å². The van der Waals surface area contributed by atoms with E-state index in [1.807, 2.05) is 4.57 Å². The van der Waals surface area contributed by atoms with E-state index in [1.165, 1.54) is 6.07 Å². The molecule has 0 amide bonds. The molecule has 0 saturated carbocycles. The zero-order valence-corrected chi connectivity index (χ0v) is 13.6. The van der Waals surface area contributed by atoms with E-state index >= 15 is 0 Å². The smallest absolute Gasteiger partial charge is 0.141 e. The van der Waals surface area contributed by atoms with Gasteiger partial charge in [0.15, 0.2) is 0 Å². The monoisotopic (exact) mass is 309 g/mol. The molecule has 3 nitrogen and oxygen atoms in total. The van der Waals surface area contributed by atoms with Crippen LogP contribution in [0.3, 0.4) is 0 Å². The maximum absolute atomic E-state index is 13.3. The topological polar surface area (TPSA) is 43.8 Å². The molecule has 1 aromatic carbocycles. The van der Waals surface area contributed by atoms with Gasteiger partial charge in [0.05, 0.1) is 5.02 Å². The summed E-state index contributed by atoms with van der Waals surface area (Å²) in [4.78, 5) is 4.70. The molecule has 2 rings (SSSR count). The van der Waals surface area contributed by atoms with Crippen molar-refractivity contribution < 1.29 is 4.39 Å². The van der Waals surface area contributed by atoms with E-state index in [1.54, 1.807) is 12.1 Å². The van der Waals surface area contributed by atoms with Crippen molar-refractivity contribution in [2.24, 2.45) is 0 Å². The molecular formula is C16H21ClFN3. The highest BCUT2D eigenvalue weighted by molar-refractivity contribution is 6.31. The van der Waals surface area contributed by atoms with Crippen LogP contribution in [0.4, 0.5) is 10.2 Å². The van der Waals surface area contributed by atoms with E-state index in [0.29, 0.717) is 11.5 Å². The molecule has 5 heteroatoms. The quantitative estimate of drug-likeness (QED) is 0.898. The number of nitrogens with two attached hydrogens (primary N) is 1. The Labute approximate surface area is 129 Å². The van der Waals surface area contributed by atoms with Gasteiger partial charge in [-0.3, -0.25) is 0 Å². The number of anilines is 1. The van der Waals surface area contributed by atoms with Crippen LogP contribution in [-0.2, 0) is 12.0 Å². The molecule has 114 valence electrons. The van der Waals surface area contributed by atoms with Crippen LogP contribution >= 0.6 is 11.6 Å². The van der Waals surface area contributed by atoms with E-state index in [0.717, 1.165) is 24.4 Å². The number of halogens is 2. The highest BCUT2D eigenvalue weighted by atomic mass is 35.5.